The maximum atomic E-state index is 11.9. The van der Waals surface area contributed by atoms with E-state index in [-0.39, 0.29) is 19.1 Å². The van der Waals surface area contributed by atoms with Crippen molar-refractivity contribution in [2.45, 2.75) is 11.0 Å². The van der Waals surface area contributed by atoms with Crippen LogP contribution in [0.5, 0.6) is 0 Å². The van der Waals surface area contributed by atoms with Crippen molar-refractivity contribution in [2.75, 3.05) is 35.4 Å². The molecule has 0 bridgehead atoms. The van der Waals surface area contributed by atoms with Gasteiger partial charge in [-0.05, 0) is 18.2 Å². The maximum Gasteiger partial charge on any atom is 0.414 e. The Labute approximate surface area is 137 Å². The Bertz CT molecular complexity index is 764. The zero-order chi connectivity index (χ0) is 16.6. The van der Waals surface area contributed by atoms with Crippen LogP contribution >= 0.6 is 11.8 Å². The van der Waals surface area contributed by atoms with Gasteiger partial charge in [0, 0.05) is 10.6 Å². The van der Waals surface area contributed by atoms with Crippen LogP contribution in [0.25, 0.3) is 0 Å². The molecule has 1 aromatic carbocycles. The van der Waals surface area contributed by atoms with E-state index in [2.05, 4.69) is 9.50 Å². The van der Waals surface area contributed by atoms with E-state index >= 15 is 0 Å². The third-order valence-electron chi connectivity index (χ3n) is 3.25. The van der Waals surface area contributed by atoms with Gasteiger partial charge < -0.3 is 10.1 Å². The molecule has 1 fully saturated rings. The molecule has 3 rings (SSSR count). The maximum absolute atomic E-state index is 11.9. The predicted octanol–water partition coefficient (Wildman–Crippen LogP) is 1.03. The molecule has 2 heterocycles. The molecule has 0 aliphatic carbocycles. The largest absolute Gasteiger partial charge is 0.441 e. The van der Waals surface area contributed by atoms with Gasteiger partial charge in [0.15, 0.2) is 0 Å². The number of hydrogen-bond donors (Lipinski definition) is 1. The first-order chi connectivity index (χ1) is 10.8. The van der Waals surface area contributed by atoms with Crippen molar-refractivity contribution in [1.82, 2.24) is 0 Å². The summed E-state index contributed by atoms with van der Waals surface area (Å²) in [6, 6.07) is 5.27. The molecule has 8 nitrogen and oxygen atoms in total. The normalized spacial score (nSPS) is 20.9. The van der Waals surface area contributed by atoms with Gasteiger partial charge in [-0.3, -0.25) is 13.9 Å². The average Bonchev–Trinajstić information content (AvgIpc) is 2.85. The zero-order valence-electron chi connectivity index (χ0n) is 12.1. The summed E-state index contributed by atoms with van der Waals surface area (Å²) in [6.45, 7) is -0.0488. The molecular formula is C13H14N2O6S2. The van der Waals surface area contributed by atoms with Crippen molar-refractivity contribution in [3.05, 3.63) is 18.2 Å². The molecule has 23 heavy (non-hydrogen) atoms. The van der Waals surface area contributed by atoms with Crippen LogP contribution in [0.4, 0.5) is 16.2 Å². The SMILES string of the molecule is CS(=O)(=O)OC[C@@H]1CN(c2ccc3c(c2)NC(=O)CS3)C(=O)O1. The van der Waals surface area contributed by atoms with E-state index in [0.717, 1.165) is 11.2 Å². The van der Waals surface area contributed by atoms with Crippen molar-refractivity contribution in [1.29, 1.82) is 0 Å². The second kappa shape index (κ2) is 6.02. The first-order valence-corrected chi connectivity index (χ1v) is 9.51. The number of anilines is 2. The van der Waals surface area contributed by atoms with E-state index in [0.29, 0.717) is 17.1 Å². The van der Waals surface area contributed by atoms with Crippen LogP contribution in [-0.2, 0) is 23.8 Å². The summed E-state index contributed by atoms with van der Waals surface area (Å²) in [6.07, 6.45) is -0.315. The summed E-state index contributed by atoms with van der Waals surface area (Å²) >= 11 is 1.43. The Morgan fingerprint density at radius 3 is 2.96 bits per heavy atom. The molecule has 10 heteroatoms. The molecule has 1 N–H and O–H groups in total. The number of rotatable bonds is 4. The molecule has 0 unspecified atom stereocenters. The Hall–Kier alpha value is -1.78. The molecule has 0 spiro atoms. The first kappa shape index (κ1) is 16.1. The van der Waals surface area contributed by atoms with Crippen molar-refractivity contribution >= 4 is 45.3 Å². The standard InChI is InChI=1S/C13H14N2O6S2/c1-23(18,19)20-6-9-5-15(13(17)21-9)8-2-3-11-10(4-8)14-12(16)7-22-11/h2-4,9H,5-7H2,1H3,(H,14,16)/t9-/m0/s1. The molecular weight excluding hydrogens is 344 g/mol. The topological polar surface area (TPSA) is 102 Å². The number of carbonyl (C=O) groups excluding carboxylic acids is 2. The summed E-state index contributed by atoms with van der Waals surface area (Å²) in [5, 5.41) is 2.75. The fraction of sp³-hybridized carbons (Fsp3) is 0.385. The van der Waals surface area contributed by atoms with Crippen LogP contribution in [0.2, 0.25) is 0 Å². The van der Waals surface area contributed by atoms with Crippen LogP contribution in [-0.4, -0.2) is 51.7 Å². The molecule has 1 saturated heterocycles. The number of benzene rings is 1. The van der Waals surface area contributed by atoms with Crippen molar-refractivity contribution < 1.29 is 26.9 Å². The molecule has 2 amide bonds. The Morgan fingerprint density at radius 2 is 2.22 bits per heavy atom. The van der Waals surface area contributed by atoms with E-state index in [1.807, 2.05) is 6.07 Å². The number of nitrogens with one attached hydrogen (secondary N) is 1. The number of ether oxygens (including phenoxy) is 1. The van der Waals surface area contributed by atoms with E-state index in [9.17, 15) is 18.0 Å². The summed E-state index contributed by atoms with van der Waals surface area (Å²) in [5.41, 5.74) is 1.21. The smallest absolute Gasteiger partial charge is 0.414 e. The highest BCUT2D eigenvalue weighted by Gasteiger charge is 2.33. The van der Waals surface area contributed by atoms with Crippen LogP contribution in [0.15, 0.2) is 23.1 Å². The number of amides is 2. The summed E-state index contributed by atoms with van der Waals surface area (Å²) in [5.74, 6) is 0.270. The second-order valence-corrected chi connectivity index (χ2v) is 7.78. The number of hydrogen-bond acceptors (Lipinski definition) is 7. The van der Waals surface area contributed by atoms with Gasteiger partial charge in [0.05, 0.1) is 24.2 Å². The number of nitrogens with zero attached hydrogens (tertiary/aromatic N) is 1. The molecule has 0 aromatic heterocycles. The zero-order valence-corrected chi connectivity index (χ0v) is 13.8. The Balaban J connectivity index is 1.73. The molecule has 1 atom stereocenters. The van der Waals surface area contributed by atoms with Gasteiger partial charge in [0.1, 0.15) is 12.7 Å². The quantitative estimate of drug-likeness (QED) is 0.802. The highest BCUT2D eigenvalue weighted by molar-refractivity contribution is 8.00. The van der Waals surface area contributed by atoms with Gasteiger partial charge in [-0.1, -0.05) is 0 Å². The third kappa shape index (κ3) is 3.77. The molecule has 0 saturated carbocycles. The lowest BCUT2D eigenvalue weighted by Crippen LogP contribution is -2.27. The fourth-order valence-electron chi connectivity index (χ4n) is 2.26. The highest BCUT2D eigenvalue weighted by Crippen LogP contribution is 2.35. The van der Waals surface area contributed by atoms with E-state index < -0.39 is 22.3 Å². The predicted molar refractivity (Wildman–Crippen MR) is 84.2 cm³/mol. The van der Waals surface area contributed by atoms with Crippen molar-refractivity contribution in [3.8, 4) is 0 Å². The summed E-state index contributed by atoms with van der Waals surface area (Å²) in [7, 11) is -3.59. The monoisotopic (exact) mass is 358 g/mol. The lowest BCUT2D eigenvalue weighted by Gasteiger charge is -2.19. The van der Waals surface area contributed by atoms with Crippen LogP contribution < -0.4 is 10.2 Å². The molecule has 124 valence electrons. The molecule has 0 radical (unpaired) electrons. The Morgan fingerprint density at radius 1 is 1.43 bits per heavy atom. The molecule has 2 aliphatic heterocycles. The van der Waals surface area contributed by atoms with E-state index in [1.54, 1.807) is 12.1 Å². The van der Waals surface area contributed by atoms with Gasteiger partial charge in [0.2, 0.25) is 5.91 Å². The Kier molecular flexibility index (Phi) is 4.21. The summed E-state index contributed by atoms with van der Waals surface area (Å²) in [4.78, 5) is 25.7. The van der Waals surface area contributed by atoms with Gasteiger partial charge in [-0.25, -0.2) is 4.79 Å². The number of carbonyl (C=O) groups is 2. The van der Waals surface area contributed by atoms with E-state index in [1.165, 1.54) is 16.7 Å². The summed E-state index contributed by atoms with van der Waals surface area (Å²) < 4.78 is 31.7. The van der Waals surface area contributed by atoms with Crippen molar-refractivity contribution in [2.24, 2.45) is 0 Å². The minimum atomic E-state index is -3.59. The van der Waals surface area contributed by atoms with Crippen LogP contribution in [0.1, 0.15) is 0 Å². The lowest BCUT2D eigenvalue weighted by molar-refractivity contribution is -0.113. The van der Waals surface area contributed by atoms with Gasteiger partial charge >= 0.3 is 6.09 Å². The first-order valence-electron chi connectivity index (χ1n) is 6.71. The van der Waals surface area contributed by atoms with Gasteiger partial charge in [-0.2, -0.15) is 8.42 Å². The minimum absolute atomic E-state index is 0.0944. The number of thioether (sulfide) groups is 1. The van der Waals surface area contributed by atoms with Crippen LogP contribution in [0, 0.1) is 0 Å². The molecule has 2 aliphatic rings. The van der Waals surface area contributed by atoms with Crippen LogP contribution in [0.3, 0.4) is 0 Å². The lowest BCUT2D eigenvalue weighted by atomic mass is 10.2. The van der Waals surface area contributed by atoms with Gasteiger partial charge in [-0.15, -0.1) is 11.8 Å². The number of fused-ring (bicyclic) bond motifs is 1. The average molecular weight is 358 g/mol. The molecule has 1 aromatic rings. The van der Waals surface area contributed by atoms with E-state index in [4.69, 9.17) is 4.74 Å². The highest BCUT2D eigenvalue weighted by atomic mass is 32.2. The van der Waals surface area contributed by atoms with Crippen molar-refractivity contribution in [3.63, 3.8) is 0 Å². The fourth-order valence-corrected chi connectivity index (χ4v) is 3.45. The number of cyclic esters (lactones) is 1. The van der Waals surface area contributed by atoms with Gasteiger partial charge in [0.25, 0.3) is 10.1 Å². The second-order valence-electron chi connectivity index (χ2n) is 5.12. The third-order valence-corrected chi connectivity index (χ3v) is 4.89. The minimum Gasteiger partial charge on any atom is -0.441 e.